The zero-order valence-corrected chi connectivity index (χ0v) is 11.7. The molecule has 0 aliphatic rings. The molecule has 0 saturated heterocycles. The van der Waals surface area contributed by atoms with Gasteiger partial charge < -0.3 is 0 Å². The van der Waals surface area contributed by atoms with Crippen molar-refractivity contribution in [2.24, 2.45) is 0 Å². The van der Waals surface area contributed by atoms with E-state index in [-0.39, 0.29) is 11.8 Å². The van der Waals surface area contributed by atoms with Crippen molar-refractivity contribution < 1.29 is 8.42 Å². The lowest BCUT2D eigenvalue weighted by Gasteiger charge is -2.23. The van der Waals surface area contributed by atoms with Gasteiger partial charge >= 0.3 is 0 Å². The van der Waals surface area contributed by atoms with Crippen molar-refractivity contribution in [2.45, 2.75) is 32.1 Å². The Morgan fingerprint density at radius 2 is 1.89 bits per heavy atom. The fourth-order valence-corrected chi connectivity index (χ4v) is 3.03. The van der Waals surface area contributed by atoms with Gasteiger partial charge in [-0.15, -0.1) is 0 Å². The first-order valence-corrected chi connectivity index (χ1v) is 7.46. The molecule has 1 rings (SSSR count). The predicted octanol–water partition coefficient (Wildman–Crippen LogP) is 2.12. The lowest BCUT2D eigenvalue weighted by atomic mass is 10.2. The van der Waals surface area contributed by atoms with Crippen LogP contribution in [0.4, 0.5) is 0 Å². The molecule has 1 unspecified atom stereocenters. The van der Waals surface area contributed by atoms with Crippen LogP contribution in [0.1, 0.15) is 31.4 Å². The summed E-state index contributed by atoms with van der Waals surface area (Å²) < 4.78 is 25.6. The van der Waals surface area contributed by atoms with Crippen molar-refractivity contribution in [1.29, 1.82) is 5.26 Å². The highest BCUT2D eigenvalue weighted by Crippen LogP contribution is 2.14. The fourth-order valence-electron chi connectivity index (χ4n) is 1.52. The van der Waals surface area contributed by atoms with Crippen LogP contribution in [0, 0.1) is 11.3 Å². The maximum absolute atomic E-state index is 12.1. The third kappa shape index (κ3) is 3.56. The van der Waals surface area contributed by atoms with E-state index in [2.05, 4.69) is 0 Å². The second kappa shape index (κ2) is 5.98. The predicted molar refractivity (Wildman–Crippen MR) is 71.3 cm³/mol. The smallest absolute Gasteiger partial charge is 0.212 e. The van der Waals surface area contributed by atoms with Crippen LogP contribution in [0.3, 0.4) is 0 Å². The first-order chi connectivity index (χ1) is 8.40. The molecule has 0 bridgehead atoms. The van der Waals surface area contributed by atoms with E-state index in [1.165, 1.54) is 4.31 Å². The molecule has 4 nitrogen and oxygen atoms in total. The lowest BCUT2D eigenvalue weighted by Crippen LogP contribution is -2.35. The summed E-state index contributed by atoms with van der Waals surface area (Å²) in [6, 6.07) is 8.63. The van der Waals surface area contributed by atoms with Gasteiger partial charge in [-0.1, -0.05) is 19.1 Å². The minimum Gasteiger partial charge on any atom is -0.212 e. The summed E-state index contributed by atoms with van der Waals surface area (Å²) in [5.41, 5.74) is 1.23. The highest BCUT2D eigenvalue weighted by atomic mass is 32.2. The van der Waals surface area contributed by atoms with Gasteiger partial charge in [-0.05, 0) is 31.0 Å². The molecule has 0 saturated carbocycles. The number of nitrogens with zero attached hydrogens (tertiary/aromatic N) is 2. The number of hydrogen-bond donors (Lipinski definition) is 0. The normalized spacial score (nSPS) is 13.3. The standard InChI is InChI=1S/C13H18N2O2S/c1-4-11(2)15(3)18(16,17)10-13-7-5-12(9-14)6-8-13/h5-8,11H,4,10H2,1-3H3. The molecule has 18 heavy (non-hydrogen) atoms. The first kappa shape index (κ1) is 14.7. The summed E-state index contributed by atoms with van der Waals surface area (Å²) in [5.74, 6) is -0.0282. The quantitative estimate of drug-likeness (QED) is 0.820. The molecule has 5 heteroatoms. The van der Waals surface area contributed by atoms with E-state index in [0.29, 0.717) is 11.1 Å². The van der Waals surface area contributed by atoms with E-state index in [4.69, 9.17) is 5.26 Å². The summed E-state index contributed by atoms with van der Waals surface area (Å²) >= 11 is 0. The Morgan fingerprint density at radius 1 is 1.33 bits per heavy atom. The van der Waals surface area contributed by atoms with Gasteiger partial charge in [0.25, 0.3) is 0 Å². The minimum absolute atomic E-state index is 0.00613. The van der Waals surface area contributed by atoms with E-state index in [1.54, 1.807) is 31.3 Å². The molecule has 0 spiro atoms. The molecule has 0 amide bonds. The molecular formula is C13H18N2O2S. The maximum atomic E-state index is 12.1. The Morgan fingerprint density at radius 3 is 2.33 bits per heavy atom. The van der Waals surface area contributed by atoms with Crippen molar-refractivity contribution >= 4 is 10.0 Å². The Bertz CT molecular complexity index is 529. The summed E-state index contributed by atoms with van der Waals surface area (Å²) in [5, 5.41) is 8.68. The van der Waals surface area contributed by atoms with Crippen LogP contribution in [0.2, 0.25) is 0 Å². The average molecular weight is 266 g/mol. The number of nitriles is 1. The van der Waals surface area contributed by atoms with Crippen LogP contribution >= 0.6 is 0 Å². The van der Waals surface area contributed by atoms with Gasteiger partial charge in [-0.2, -0.15) is 5.26 Å². The zero-order chi connectivity index (χ0) is 13.8. The molecule has 0 aliphatic carbocycles. The van der Waals surface area contributed by atoms with E-state index >= 15 is 0 Å². The van der Waals surface area contributed by atoms with Gasteiger partial charge in [0.05, 0.1) is 17.4 Å². The molecule has 1 aromatic carbocycles. The van der Waals surface area contributed by atoms with E-state index in [9.17, 15) is 8.42 Å². The van der Waals surface area contributed by atoms with Crippen LogP contribution < -0.4 is 0 Å². The number of hydrogen-bond acceptors (Lipinski definition) is 3. The molecule has 0 fully saturated rings. The van der Waals surface area contributed by atoms with Gasteiger partial charge in [0.15, 0.2) is 0 Å². The summed E-state index contributed by atoms with van der Waals surface area (Å²) in [7, 11) is -1.69. The Kier molecular flexibility index (Phi) is 4.88. The van der Waals surface area contributed by atoms with Crippen LogP contribution in [0.25, 0.3) is 0 Å². The molecule has 0 heterocycles. The van der Waals surface area contributed by atoms with Gasteiger partial charge in [0.2, 0.25) is 10.0 Å². The second-order valence-electron chi connectivity index (χ2n) is 4.34. The van der Waals surface area contributed by atoms with E-state index in [0.717, 1.165) is 6.42 Å². The van der Waals surface area contributed by atoms with Crippen molar-refractivity contribution in [3.05, 3.63) is 35.4 Å². The van der Waals surface area contributed by atoms with E-state index in [1.807, 2.05) is 19.9 Å². The van der Waals surface area contributed by atoms with Crippen LogP contribution in [0.5, 0.6) is 0 Å². The van der Waals surface area contributed by atoms with Crippen LogP contribution in [-0.4, -0.2) is 25.8 Å². The molecule has 0 radical (unpaired) electrons. The highest BCUT2D eigenvalue weighted by molar-refractivity contribution is 7.88. The van der Waals surface area contributed by atoms with Gasteiger partial charge in [0.1, 0.15) is 0 Å². The Hall–Kier alpha value is -1.38. The van der Waals surface area contributed by atoms with E-state index < -0.39 is 10.0 Å². The third-order valence-electron chi connectivity index (χ3n) is 3.08. The number of sulfonamides is 1. The monoisotopic (exact) mass is 266 g/mol. The molecular weight excluding hydrogens is 248 g/mol. The topological polar surface area (TPSA) is 61.2 Å². The number of benzene rings is 1. The highest BCUT2D eigenvalue weighted by Gasteiger charge is 2.22. The maximum Gasteiger partial charge on any atom is 0.218 e. The third-order valence-corrected chi connectivity index (χ3v) is 5.02. The largest absolute Gasteiger partial charge is 0.218 e. The Balaban J connectivity index is 2.85. The van der Waals surface area contributed by atoms with Crippen LogP contribution in [-0.2, 0) is 15.8 Å². The average Bonchev–Trinajstić information content (AvgIpc) is 2.37. The van der Waals surface area contributed by atoms with Gasteiger partial charge in [0, 0.05) is 13.1 Å². The van der Waals surface area contributed by atoms with Gasteiger partial charge in [-0.3, -0.25) is 0 Å². The van der Waals surface area contributed by atoms with Crippen molar-refractivity contribution in [3.8, 4) is 6.07 Å². The molecule has 1 aromatic rings. The molecule has 1 atom stereocenters. The minimum atomic E-state index is -3.29. The molecule has 0 aromatic heterocycles. The lowest BCUT2D eigenvalue weighted by molar-refractivity contribution is 0.380. The summed E-state index contributed by atoms with van der Waals surface area (Å²) in [6.07, 6.45) is 0.781. The molecule has 0 N–H and O–H groups in total. The summed E-state index contributed by atoms with van der Waals surface area (Å²) in [4.78, 5) is 0. The number of rotatable bonds is 5. The zero-order valence-electron chi connectivity index (χ0n) is 10.9. The second-order valence-corrected chi connectivity index (χ2v) is 6.37. The van der Waals surface area contributed by atoms with Crippen molar-refractivity contribution in [2.75, 3.05) is 7.05 Å². The molecule has 98 valence electrons. The first-order valence-electron chi connectivity index (χ1n) is 5.85. The van der Waals surface area contributed by atoms with Gasteiger partial charge in [-0.25, -0.2) is 12.7 Å². The van der Waals surface area contributed by atoms with Crippen molar-refractivity contribution in [3.63, 3.8) is 0 Å². The Labute approximate surface area is 109 Å². The summed E-state index contributed by atoms with van der Waals surface area (Å²) in [6.45, 7) is 3.84. The molecule has 0 aliphatic heterocycles. The van der Waals surface area contributed by atoms with Crippen LogP contribution in [0.15, 0.2) is 24.3 Å². The van der Waals surface area contributed by atoms with Crippen molar-refractivity contribution in [1.82, 2.24) is 4.31 Å². The SMILES string of the molecule is CCC(C)N(C)S(=O)(=O)Cc1ccc(C#N)cc1. The fraction of sp³-hybridized carbons (Fsp3) is 0.462.